The van der Waals surface area contributed by atoms with Crippen LogP contribution in [0.2, 0.25) is 0 Å². The number of hydrogen-bond acceptors (Lipinski definition) is 2. The average Bonchev–Trinajstić information content (AvgIpc) is 2.42. The highest BCUT2D eigenvalue weighted by atomic mass is 79.9. The zero-order valence-corrected chi connectivity index (χ0v) is 15.8. The van der Waals surface area contributed by atoms with Gasteiger partial charge < -0.3 is 10.4 Å². The third-order valence-electron chi connectivity index (χ3n) is 3.65. The van der Waals surface area contributed by atoms with E-state index < -0.39 is 11.9 Å². The minimum Gasteiger partial charge on any atom is -0.481 e. The zero-order chi connectivity index (χ0) is 15.6. The van der Waals surface area contributed by atoms with Crippen molar-refractivity contribution in [3.05, 3.63) is 25.6 Å². The van der Waals surface area contributed by atoms with E-state index in [1.807, 2.05) is 12.1 Å². The molecule has 0 spiro atoms. The molecular formula is C14H14Br3NO3. The molecule has 2 unspecified atom stereocenters. The molecule has 114 valence electrons. The Morgan fingerprint density at radius 2 is 1.67 bits per heavy atom. The topological polar surface area (TPSA) is 66.4 Å². The molecule has 1 aromatic carbocycles. The molecule has 1 aromatic rings. The number of carboxylic acids is 1. The maximum atomic E-state index is 12.4. The van der Waals surface area contributed by atoms with Crippen molar-refractivity contribution in [3.63, 3.8) is 0 Å². The Kier molecular flexibility index (Phi) is 5.85. The van der Waals surface area contributed by atoms with Gasteiger partial charge in [-0.25, -0.2) is 0 Å². The second-order valence-electron chi connectivity index (χ2n) is 5.13. The van der Waals surface area contributed by atoms with Crippen LogP contribution < -0.4 is 5.32 Å². The summed E-state index contributed by atoms with van der Waals surface area (Å²) in [4.78, 5) is 23.4. The van der Waals surface area contributed by atoms with Gasteiger partial charge in [0, 0.05) is 19.3 Å². The standard InChI is InChI=1S/C14H14Br3NO3/c15-9-5-10(16)12(11(17)6-9)18-13(19)7-2-1-3-8(4-7)14(20)21/h5-8H,1-4H2,(H,18,19)(H,20,21). The van der Waals surface area contributed by atoms with Crippen LogP contribution in [0.1, 0.15) is 25.7 Å². The van der Waals surface area contributed by atoms with Gasteiger partial charge in [0.2, 0.25) is 5.91 Å². The Bertz CT molecular complexity index is 554. The van der Waals surface area contributed by atoms with E-state index in [-0.39, 0.29) is 11.8 Å². The molecule has 0 aromatic heterocycles. The number of amides is 1. The number of aliphatic carboxylic acids is 1. The normalized spacial score (nSPS) is 21.9. The van der Waals surface area contributed by atoms with Gasteiger partial charge in [-0.05, 0) is 63.3 Å². The first kappa shape index (κ1) is 17.0. The van der Waals surface area contributed by atoms with Crippen LogP contribution >= 0.6 is 47.8 Å². The van der Waals surface area contributed by atoms with Crippen LogP contribution in [-0.2, 0) is 9.59 Å². The van der Waals surface area contributed by atoms with E-state index in [1.54, 1.807) is 0 Å². The molecule has 2 rings (SSSR count). The predicted octanol–water partition coefficient (Wildman–Crippen LogP) is 4.80. The third-order valence-corrected chi connectivity index (χ3v) is 5.36. The molecule has 0 radical (unpaired) electrons. The molecule has 4 nitrogen and oxygen atoms in total. The number of carbonyl (C=O) groups is 2. The van der Waals surface area contributed by atoms with Gasteiger partial charge >= 0.3 is 5.97 Å². The summed E-state index contributed by atoms with van der Waals surface area (Å²) < 4.78 is 2.42. The average molecular weight is 484 g/mol. The highest BCUT2D eigenvalue weighted by molar-refractivity contribution is 9.11. The fourth-order valence-electron chi connectivity index (χ4n) is 2.54. The SMILES string of the molecule is O=C(O)C1CCCC(C(=O)Nc2c(Br)cc(Br)cc2Br)C1. The quantitative estimate of drug-likeness (QED) is 0.648. The Hall–Kier alpha value is -0.400. The van der Waals surface area contributed by atoms with E-state index in [1.165, 1.54) is 0 Å². The molecule has 2 N–H and O–H groups in total. The summed E-state index contributed by atoms with van der Waals surface area (Å²) in [7, 11) is 0. The van der Waals surface area contributed by atoms with E-state index in [2.05, 4.69) is 53.1 Å². The molecule has 1 fully saturated rings. The molecule has 0 bridgehead atoms. The van der Waals surface area contributed by atoms with Crippen molar-refractivity contribution in [3.8, 4) is 0 Å². The van der Waals surface area contributed by atoms with Gasteiger partial charge in [0.05, 0.1) is 11.6 Å². The molecule has 1 aliphatic rings. The molecule has 1 aliphatic carbocycles. The fraction of sp³-hybridized carbons (Fsp3) is 0.429. The van der Waals surface area contributed by atoms with Crippen LogP contribution in [0.5, 0.6) is 0 Å². The smallest absolute Gasteiger partial charge is 0.306 e. The van der Waals surface area contributed by atoms with Crippen molar-refractivity contribution < 1.29 is 14.7 Å². The van der Waals surface area contributed by atoms with Crippen molar-refractivity contribution in [1.29, 1.82) is 0 Å². The lowest BCUT2D eigenvalue weighted by atomic mass is 9.81. The van der Waals surface area contributed by atoms with Gasteiger partial charge in [-0.2, -0.15) is 0 Å². The Balaban J connectivity index is 2.10. The molecule has 21 heavy (non-hydrogen) atoms. The van der Waals surface area contributed by atoms with Crippen LogP contribution in [0, 0.1) is 11.8 Å². The maximum Gasteiger partial charge on any atom is 0.306 e. The Morgan fingerprint density at radius 3 is 2.24 bits per heavy atom. The van der Waals surface area contributed by atoms with Gasteiger partial charge in [-0.15, -0.1) is 0 Å². The lowest BCUT2D eigenvalue weighted by Gasteiger charge is -2.26. The maximum absolute atomic E-state index is 12.4. The summed E-state index contributed by atoms with van der Waals surface area (Å²) in [6.07, 6.45) is 2.58. The molecule has 0 saturated heterocycles. The predicted molar refractivity (Wildman–Crippen MR) is 91.3 cm³/mol. The largest absolute Gasteiger partial charge is 0.481 e. The van der Waals surface area contributed by atoms with Gasteiger partial charge in [0.25, 0.3) is 0 Å². The highest BCUT2D eigenvalue weighted by Gasteiger charge is 2.31. The van der Waals surface area contributed by atoms with Crippen molar-refractivity contribution >= 4 is 65.4 Å². The number of carboxylic acid groups (broad SMARTS) is 1. The summed E-state index contributed by atoms with van der Waals surface area (Å²) in [5, 5.41) is 12.0. The first-order valence-electron chi connectivity index (χ1n) is 6.56. The fourth-order valence-corrected chi connectivity index (χ4v) is 5.00. The number of rotatable bonds is 3. The summed E-state index contributed by atoms with van der Waals surface area (Å²) in [5.74, 6) is -1.59. The number of hydrogen-bond donors (Lipinski definition) is 2. The number of carbonyl (C=O) groups excluding carboxylic acids is 1. The van der Waals surface area contributed by atoms with Crippen LogP contribution in [0.3, 0.4) is 0 Å². The molecule has 2 atom stereocenters. The number of benzene rings is 1. The molecule has 0 heterocycles. The summed E-state index contributed by atoms with van der Waals surface area (Å²) in [6, 6.07) is 3.70. The molecule has 1 amide bonds. The third kappa shape index (κ3) is 4.29. The first-order valence-corrected chi connectivity index (χ1v) is 8.94. The summed E-state index contributed by atoms with van der Waals surface area (Å²) in [6.45, 7) is 0. The van der Waals surface area contributed by atoms with Crippen molar-refractivity contribution in [2.45, 2.75) is 25.7 Å². The lowest BCUT2D eigenvalue weighted by Crippen LogP contribution is -2.31. The second-order valence-corrected chi connectivity index (χ2v) is 7.76. The van der Waals surface area contributed by atoms with Crippen LogP contribution in [0.25, 0.3) is 0 Å². The van der Waals surface area contributed by atoms with Crippen molar-refractivity contribution in [1.82, 2.24) is 0 Å². The Morgan fingerprint density at radius 1 is 1.10 bits per heavy atom. The number of nitrogens with one attached hydrogen (secondary N) is 1. The number of anilines is 1. The second kappa shape index (κ2) is 7.24. The minimum atomic E-state index is -0.807. The summed E-state index contributed by atoms with van der Waals surface area (Å²) in [5.41, 5.74) is 0.667. The van der Waals surface area contributed by atoms with Gasteiger partial charge in [-0.1, -0.05) is 22.4 Å². The van der Waals surface area contributed by atoms with Crippen molar-refractivity contribution in [2.75, 3.05) is 5.32 Å². The summed E-state index contributed by atoms with van der Waals surface area (Å²) >= 11 is 10.2. The minimum absolute atomic E-state index is 0.121. The molecule has 1 saturated carbocycles. The van der Waals surface area contributed by atoms with Gasteiger partial charge in [0.15, 0.2) is 0 Å². The lowest BCUT2D eigenvalue weighted by molar-refractivity contribution is -0.143. The molecule has 7 heteroatoms. The van der Waals surface area contributed by atoms with E-state index in [0.717, 1.165) is 26.3 Å². The monoisotopic (exact) mass is 481 g/mol. The Labute approximate surface area is 148 Å². The molecular weight excluding hydrogens is 470 g/mol. The van der Waals surface area contributed by atoms with E-state index >= 15 is 0 Å². The molecule has 0 aliphatic heterocycles. The van der Waals surface area contributed by atoms with Gasteiger partial charge in [0.1, 0.15) is 0 Å². The zero-order valence-electron chi connectivity index (χ0n) is 11.0. The van der Waals surface area contributed by atoms with Gasteiger partial charge in [-0.3, -0.25) is 9.59 Å². The van der Waals surface area contributed by atoms with Crippen LogP contribution in [-0.4, -0.2) is 17.0 Å². The van der Waals surface area contributed by atoms with Crippen LogP contribution in [0.15, 0.2) is 25.6 Å². The van der Waals surface area contributed by atoms with E-state index in [0.29, 0.717) is 18.5 Å². The highest BCUT2D eigenvalue weighted by Crippen LogP contribution is 2.36. The first-order chi connectivity index (χ1) is 9.88. The van der Waals surface area contributed by atoms with Crippen LogP contribution in [0.4, 0.5) is 5.69 Å². The van der Waals surface area contributed by atoms with E-state index in [4.69, 9.17) is 5.11 Å². The van der Waals surface area contributed by atoms with E-state index in [9.17, 15) is 9.59 Å². The number of halogens is 3. The van der Waals surface area contributed by atoms with Crippen molar-refractivity contribution in [2.24, 2.45) is 11.8 Å².